The second kappa shape index (κ2) is 7.48. The predicted octanol–water partition coefficient (Wildman–Crippen LogP) is 2.43. The summed E-state index contributed by atoms with van der Waals surface area (Å²) in [6, 6.07) is 3.33. The maximum Gasteiger partial charge on any atom is 0.407 e. The summed E-state index contributed by atoms with van der Waals surface area (Å²) in [4.78, 5) is 30.5. The molecule has 8 heteroatoms. The van der Waals surface area contributed by atoms with Gasteiger partial charge in [0, 0.05) is 19.1 Å². The predicted molar refractivity (Wildman–Crippen MR) is 108 cm³/mol. The molecule has 1 aromatic heterocycles. The minimum absolute atomic E-state index is 0.0562. The molecule has 1 spiro atoms. The molecule has 2 amide bonds. The van der Waals surface area contributed by atoms with Gasteiger partial charge in [-0.25, -0.2) is 9.78 Å². The van der Waals surface area contributed by atoms with Crippen LogP contribution in [0, 0.1) is 5.41 Å². The Kier molecular flexibility index (Phi) is 5.41. The van der Waals surface area contributed by atoms with E-state index in [0.29, 0.717) is 17.2 Å². The first-order chi connectivity index (χ1) is 13.1. The van der Waals surface area contributed by atoms with Crippen LogP contribution < -0.4 is 21.7 Å². The van der Waals surface area contributed by atoms with E-state index < -0.39 is 11.5 Å². The number of pyridine rings is 1. The molecule has 3 rings (SSSR count). The number of piperidine rings is 1. The Morgan fingerprint density at radius 2 is 1.93 bits per heavy atom. The highest BCUT2D eigenvalue weighted by Crippen LogP contribution is 2.47. The summed E-state index contributed by atoms with van der Waals surface area (Å²) in [5.74, 6) is 0.413. The molecule has 2 fully saturated rings. The summed E-state index contributed by atoms with van der Waals surface area (Å²) in [6.45, 7) is 7.07. The van der Waals surface area contributed by atoms with Crippen LogP contribution in [0.3, 0.4) is 0 Å². The molecule has 0 bridgehead atoms. The number of hydrogen-bond acceptors (Lipinski definition) is 6. The zero-order chi connectivity index (χ0) is 20.5. The number of carbonyl (C=O) groups excluding carboxylic acids is 2. The van der Waals surface area contributed by atoms with Crippen LogP contribution in [0.15, 0.2) is 12.1 Å². The summed E-state index contributed by atoms with van der Waals surface area (Å²) >= 11 is 0. The first kappa shape index (κ1) is 20.2. The molecule has 28 heavy (non-hydrogen) atoms. The Bertz CT molecular complexity index is 751. The molecule has 1 aliphatic heterocycles. The van der Waals surface area contributed by atoms with E-state index in [9.17, 15) is 9.59 Å². The highest BCUT2D eigenvalue weighted by molar-refractivity contribution is 5.98. The van der Waals surface area contributed by atoms with Crippen molar-refractivity contribution in [1.29, 1.82) is 0 Å². The maximum absolute atomic E-state index is 12.3. The molecule has 1 aliphatic carbocycles. The number of carbonyl (C=O) groups is 2. The van der Waals surface area contributed by atoms with Crippen LogP contribution in [-0.2, 0) is 4.74 Å². The van der Waals surface area contributed by atoms with Gasteiger partial charge >= 0.3 is 6.09 Å². The summed E-state index contributed by atoms with van der Waals surface area (Å²) in [7, 11) is 0. The number of hydrogen-bond donors (Lipinski definition) is 3. The minimum atomic E-state index is -0.511. The van der Waals surface area contributed by atoms with Crippen molar-refractivity contribution in [3.8, 4) is 0 Å². The van der Waals surface area contributed by atoms with Gasteiger partial charge in [-0.1, -0.05) is 6.42 Å². The van der Waals surface area contributed by atoms with Crippen LogP contribution in [0.1, 0.15) is 63.2 Å². The Morgan fingerprint density at radius 1 is 1.25 bits per heavy atom. The second-order valence-electron chi connectivity index (χ2n) is 8.91. The van der Waals surface area contributed by atoms with Crippen LogP contribution in [0.4, 0.5) is 16.4 Å². The molecule has 1 saturated heterocycles. The van der Waals surface area contributed by atoms with Crippen molar-refractivity contribution in [2.24, 2.45) is 11.1 Å². The van der Waals surface area contributed by atoms with Gasteiger partial charge in [0.2, 0.25) is 0 Å². The number of alkyl carbamates (subject to hydrolysis) is 1. The maximum atomic E-state index is 12.3. The third kappa shape index (κ3) is 4.31. The molecule has 1 aromatic rings. The number of ether oxygens (including phenoxy) is 1. The monoisotopic (exact) mass is 389 g/mol. The molecular formula is C20H31N5O3. The highest BCUT2D eigenvalue weighted by atomic mass is 16.6. The van der Waals surface area contributed by atoms with Crippen molar-refractivity contribution >= 4 is 23.6 Å². The van der Waals surface area contributed by atoms with Gasteiger partial charge in [-0.2, -0.15) is 0 Å². The summed E-state index contributed by atoms with van der Waals surface area (Å²) in [6.07, 6.45) is 4.58. The summed E-state index contributed by atoms with van der Waals surface area (Å²) in [5, 5.41) is 3.10. The lowest BCUT2D eigenvalue weighted by atomic mass is 9.74. The molecule has 2 aliphatic rings. The molecule has 0 aromatic carbocycles. The van der Waals surface area contributed by atoms with Crippen molar-refractivity contribution in [2.75, 3.05) is 23.7 Å². The number of amides is 2. The van der Waals surface area contributed by atoms with Crippen molar-refractivity contribution in [3.05, 3.63) is 17.7 Å². The highest BCUT2D eigenvalue weighted by Gasteiger charge is 2.46. The SMILES string of the molecule is CC(C)(C)OC(=O)N[C@@H]1CCCC12CCN(c1nc(N)ccc1C(N)=O)CC2. The average Bonchev–Trinajstić information content (AvgIpc) is 2.95. The van der Waals surface area contributed by atoms with Gasteiger partial charge < -0.3 is 26.4 Å². The number of aromatic nitrogens is 1. The van der Waals surface area contributed by atoms with E-state index in [-0.39, 0.29) is 17.6 Å². The van der Waals surface area contributed by atoms with E-state index in [1.807, 2.05) is 20.8 Å². The largest absolute Gasteiger partial charge is 0.444 e. The lowest BCUT2D eigenvalue weighted by molar-refractivity contribution is 0.0442. The fourth-order valence-corrected chi connectivity index (χ4v) is 4.47. The first-order valence-electron chi connectivity index (χ1n) is 9.90. The molecule has 2 heterocycles. The first-order valence-corrected chi connectivity index (χ1v) is 9.90. The van der Waals surface area contributed by atoms with Crippen molar-refractivity contribution in [3.63, 3.8) is 0 Å². The van der Waals surface area contributed by atoms with E-state index in [1.165, 1.54) is 0 Å². The summed E-state index contributed by atoms with van der Waals surface area (Å²) < 4.78 is 5.44. The Labute approximate surface area is 166 Å². The Morgan fingerprint density at radius 3 is 2.54 bits per heavy atom. The average molecular weight is 390 g/mol. The summed E-state index contributed by atoms with van der Waals surface area (Å²) in [5.41, 5.74) is 11.3. The van der Waals surface area contributed by atoms with Gasteiger partial charge in [0.1, 0.15) is 17.2 Å². The number of rotatable bonds is 3. The third-order valence-electron chi connectivity index (χ3n) is 5.82. The van der Waals surface area contributed by atoms with Crippen LogP contribution in [0.5, 0.6) is 0 Å². The molecule has 0 unspecified atom stereocenters. The van der Waals surface area contributed by atoms with Gasteiger partial charge in [-0.3, -0.25) is 4.79 Å². The number of nitrogens with two attached hydrogens (primary N) is 2. The van der Waals surface area contributed by atoms with Crippen molar-refractivity contribution < 1.29 is 14.3 Å². The van der Waals surface area contributed by atoms with Crippen molar-refractivity contribution in [1.82, 2.24) is 10.3 Å². The Hall–Kier alpha value is -2.51. The number of nitrogens with one attached hydrogen (secondary N) is 1. The van der Waals surface area contributed by atoms with Gasteiger partial charge in [0.15, 0.2) is 0 Å². The molecular weight excluding hydrogens is 358 g/mol. The minimum Gasteiger partial charge on any atom is -0.444 e. The number of nitrogens with zero attached hydrogens (tertiary/aromatic N) is 2. The number of primary amides is 1. The standard InChI is InChI=1S/C20H31N5O3/c1-19(2,3)28-18(27)23-14-5-4-8-20(14)9-11-25(12-10-20)17-13(16(22)26)6-7-15(21)24-17/h6-7,14H,4-5,8-12H2,1-3H3,(H2,21,24)(H2,22,26)(H,23,27)/t14-/m1/s1. The van der Waals surface area contributed by atoms with E-state index >= 15 is 0 Å². The molecule has 1 atom stereocenters. The van der Waals surface area contributed by atoms with Crippen LogP contribution in [0.25, 0.3) is 0 Å². The molecule has 154 valence electrons. The lowest BCUT2D eigenvalue weighted by Gasteiger charge is -2.44. The van der Waals surface area contributed by atoms with Crippen LogP contribution in [0.2, 0.25) is 0 Å². The fraction of sp³-hybridized carbons (Fsp3) is 0.650. The quantitative estimate of drug-likeness (QED) is 0.729. The van der Waals surface area contributed by atoms with E-state index in [0.717, 1.165) is 45.2 Å². The molecule has 8 nitrogen and oxygen atoms in total. The van der Waals surface area contributed by atoms with E-state index in [2.05, 4.69) is 15.2 Å². The van der Waals surface area contributed by atoms with Gasteiger partial charge in [-0.15, -0.1) is 0 Å². The molecule has 0 radical (unpaired) electrons. The van der Waals surface area contributed by atoms with Gasteiger partial charge in [-0.05, 0) is 64.0 Å². The lowest BCUT2D eigenvalue weighted by Crippen LogP contribution is -2.51. The van der Waals surface area contributed by atoms with Crippen molar-refractivity contribution in [2.45, 2.75) is 64.5 Å². The second-order valence-corrected chi connectivity index (χ2v) is 8.91. The van der Waals surface area contributed by atoms with Gasteiger partial charge in [0.25, 0.3) is 5.91 Å². The molecule has 5 N–H and O–H groups in total. The van der Waals surface area contributed by atoms with Crippen LogP contribution in [-0.4, -0.2) is 41.7 Å². The Balaban J connectivity index is 1.69. The molecule has 1 saturated carbocycles. The smallest absolute Gasteiger partial charge is 0.407 e. The zero-order valence-electron chi connectivity index (χ0n) is 17.0. The number of anilines is 2. The zero-order valence-corrected chi connectivity index (χ0v) is 17.0. The topological polar surface area (TPSA) is 124 Å². The van der Waals surface area contributed by atoms with Gasteiger partial charge in [0.05, 0.1) is 5.56 Å². The number of nitrogen functional groups attached to an aromatic ring is 1. The normalized spacial score (nSPS) is 21.5. The third-order valence-corrected chi connectivity index (χ3v) is 5.82. The van der Waals surface area contributed by atoms with Crippen LogP contribution >= 0.6 is 0 Å². The van der Waals surface area contributed by atoms with E-state index in [1.54, 1.807) is 12.1 Å². The van der Waals surface area contributed by atoms with E-state index in [4.69, 9.17) is 16.2 Å². The fourth-order valence-electron chi connectivity index (χ4n) is 4.47.